The van der Waals surface area contributed by atoms with Crippen molar-refractivity contribution in [1.29, 1.82) is 0 Å². The molecule has 4 nitrogen and oxygen atoms in total. The molecule has 5 heteroatoms. The molecule has 1 unspecified atom stereocenters. The molecule has 0 spiro atoms. The van der Waals surface area contributed by atoms with Crippen molar-refractivity contribution >= 4 is 28.6 Å². The second kappa shape index (κ2) is 5.77. The predicted octanol–water partition coefficient (Wildman–Crippen LogP) is 2.84. The smallest absolute Gasteiger partial charge is 0.180 e. The summed E-state index contributed by atoms with van der Waals surface area (Å²) in [6.45, 7) is 2.12. The molecule has 2 rings (SSSR count). The fraction of sp³-hybridized carbons (Fsp3) is 0.417. The summed E-state index contributed by atoms with van der Waals surface area (Å²) in [4.78, 5) is 12.8. The Morgan fingerprint density at radius 1 is 1.29 bits per heavy atom. The SMILES string of the molecule is CC(CCCCl)Nc1ccc2nccnc2n1. The highest BCUT2D eigenvalue weighted by Crippen LogP contribution is 2.12. The lowest BCUT2D eigenvalue weighted by Gasteiger charge is -2.13. The molecule has 2 heterocycles. The van der Waals surface area contributed by atoms with Crippen molar-refractivity contribution in [2.24, 2.45) is 0 Å². The van der Waals surface area contributed by atoms with Gasteiger partial charge in [0, 0.05) is 24.3 Å². The number of nitrogens with zero attached hydrogens (tertiary/aromatic N) is 3. The van der Waals surface area contributed by atoms with E-state index in [0.29, 0.717) is 17.6 Å². The van der Waals surface area contributed by atoms with Crippen LogP contribution in [0.3, 0.4) is 0 Å². The van der Waals surface area contributed by atoms with Crippen LogP contribution in [0.25, 0.3) is 11.2 Å². The zero-order valence-corrected chi connectivity index (χ0v) is 10.5. The standard InChI is InChI=1S/C12H15ClN4/c1-9(3-2-6-13)16-11-5-4-10-12(17-11)15-8-7-14-10/h4-5,7-9H,2-3,6H2,1H3,(H,15,16,17). The van der Waals surface area contributed by atoms with Crippen molar-refractivity contribution in [3.63, 3.8) is 0 Å². The monoisotopic (exact) mass is 250 g/mol. The average Bonchev–Trinajstić information content (AvgIpc) is 2.36. The molecule has 0 saturated carbocycles. The van der Waals surface area contributed by atoms with Crippen molar-refractivity contribution in [1.82, 2.24) is 15.0 Å². The predicted molar refractivity (Wildman–Crippen MR) is 70.4 cm³/mol. The van der Waals surface area contributed by atoms with E-state index in [-0.39, 0.29) is 0 Å². The first-order valence-corrected chi connectivity index (χ1v) is 6.23. The van der Waals surface area contributed by atoms with E-state index < -0.39 is 0 Å². The number of aromatic nitrogens is 3. The Hall–Kier alpha value is -1.42. The van der Waals surface area contributed by atoms with Crippen LogP contribution in [0.1, 0.15) is 19.8 Å². The van der Waals surface area contributed by atoms with Crippen LogP contribution in [0.4, 0.5) is 5.82 Å². The minimum Gasteiger partial charge on any atom is -0.368 e. The summed E-state index contributed by atoms with van der Waals surface area (Å²) in [6.07, 6.45) is 5.35. The Bertz CT molecular complexity index is 489. The van der Waals surface area contributed by atoms with Crippen molar-refractivity contribution in [2.45, 2.75) is 25.8 Å². The summed E-state index contributed by atoms with van der Waals surface area (Å²) in [5.74, 6) is 1.53. The second-order valence-electron chi connectivity index (χ2n) is 3.97. The van der Waals surface area contributed by atoms with Gasteiger partial charge in [-0.3, -0.25) is 4.98 Å². The van der Waals surface area contributed by atoms with Crippen LogP contribution in [0.2, 0.25) is 0 Å². The number of fused-ring (bicyclic) bond motifs is 1. The molecule has 2 aromatic heterocycles. The molecule has 0 aromatic carbocycles. The normalized spacial score (nSPS) is 12.6. The molecule has 0 aliphatic heterocycles. The lowest BCUT2D eigenvalue weighted by Crippen LogP contribution is -2.16. The largest absolute Gasteiger partial charge is 0.368 e. The number of hydrogen-bond donors (Lipinski definition) is 1. The van der Waals surface area contributed by atoms with Gasteiger partial charge in [-0.05, 0) is 31.9 Å². The molecule has 1 N–H and O–H groups in total. The third-order valence-corrected chi connectivity index (χ3v) is 2.76. The van der Waals surface area contributed by atoms with Gasteiger partial charge in [0.05, 0.1) is 0 Å². The number of pyridine rings is 1. The van der Waals surface area contributed by atoms with Gasteiger partial charge in [-0.15, -0.1) is 11.6 Å². The molecular formula is C12H15ClN4. The van der Waals surface area contributed by atoms with E-state index in [4.69, 9.17) is 11.6 Å². The van der Waals surface area contributed by atoms with Crippen molar-refractivity contribution in [3.8, 4) is 0 Å². The highest BCUT2D eigenvalue weighted by Gasteiger charge is 2.04. The van der Waals surface area contributed by atoms with Crippen LogP contribution in [0.15, 0.2) is 24.5 Å². The Balaban J connectivity index is 2.08. The van der Waals surface area contributed by atoms with Crippen LogP contribution < -0.4 is 5.32 Å². The topological polar surface area (TPSA) is 50.7 Å². The van der Waals surface area contributed by atoms with Crippen LogP contribution in [-0.2, 0) is 0 Å². The molecule has 0 aliphatic carbocycles. The summed E-state index contributed by atoms with van der Waals surface area (Å²) < 4.78 is 0. The van der Waals surface area contributed by atoms with Crippen LogP contribution in [-0.4, -0.2) is 26.9 Å². The summed E-state index contributed by atoms with van der Waals surface area (Å²) in [7, 11) is 0. The molecule has 0 amide bonds. The first kappa shape index (κ1) is 12.0. The molecule has 90 valence electrons. The Labute approximate surface area is 105 Å². The maximum absolute atomic E-state index is 5.67. The van der Waals surface area contributed by atoms with E-state index in [1.54, 1.807) is 12.4 Å². The maximum atomic E-state index is 5.67. The van der Waals surface area contributed by atoms with Gasteiger partial charge in [0.1, 0.15) is 11.3 Å². The van der Waals surface area contributed by atoms with E-state index in [1.165, 1.54) is 0 Å². The molecule has 0 radical (unpaired) electrons. The summed E-state index contributed by atoms with van der Waals surface area (Å²) in [6, 6.07) is 4.20. The number of halogens is 1. The van der Waals surface area contributed by atoms with Gasteiger partial charge in [0.15, 0.2) is 5.65 Å². The lowest BCUT2D eigenvalue weighted by molar-refractivity contribution is 0.691. The summed E-state index contributed by atoms with van der Waals surface area (Å²) in [5, 5.41) is 3.33. The first-order chi connectivity index (χ1) is 8.29. The average molecular weight is 251 g/mol. The van der Waals surface area contributed by atoms with Crippen molar-refractivity contribution < 1.29 is 0 Å². The highest BCUT2D eigenvalue weighted by molar-refractivity contribution is 6.17. The van der Waals surface area contributed by atoms with Crippen molar-refractivity contribution in [3.05, 3.63) is 24.5 Å². The third kappa shape index (κ3) is 3.27. The number of alkyl halides is 1. The highest BCUT2D eigenvalue weighted by atomic mass is 35.5. The molecular weight excluding hydrogens is 236 g/mol. The Kier molecular flexibility index (Phi) is 4.09. The zero-order chi connectivity index (χ0) is 12.1. The Morgan fingerprint density at radius 2 is 2.12 bits per heavy atom. The molecule has 0 bridgehead atoms. The van der Waals surface area contributed by atoms with E-state index in [2.05, 4.69) is 27.2 Å². The molecule has 2 aromatic rings. The van der Waals surface area contributed by atoms with Crippen LogP contribution in [0.5, 0.6) is 0 Å². The zero-order valence-electron chi connectivity index (χ0n) is 9.73. The van der Waals surface area contributed by atoms with E-state index >= 15 is 0 Å². The fourth-order valence-electron chi connectivity index (χ4n) is 1.64. The van der Waals surface area contributed by atoms with Crippen LogP contribution in [0, 0.1) is 0 Å². The van der Waals surface area contributed by atoms with Gasteiger partial charge in [0.25, 0.3) is 0 Å². The Morgan fingerprint density at radius 3 is 2.94 bits per heavy atom. The second-order valence-corrected chi connectivity index (χ2v) is 4.35. The van der Waals surface area contributed by atoms with Gasteiger partial charge in [0.2, 0.25) is 0 Å². The van der Waals surface area contributed by atoms with Crippen molar-refractivity contribution in [2.75, 3.05) is 11.2 Å². The minimum atomic E-state index is 0.357. The molecule has 0 saturated heterocycles. The third-order valence-electron chi connectivity index (χ3n) is 2.50. The molecule has 0 aliphatic rings. The van der Waals surface area contributed by atoms with Gasteiger partial charge >= 0.3 is 0 Å². The lowest BCUT2D eigenvalue weighted by atomic mass is 10.2. The van der Waals surface area contributed by atoms with Gasteiger partial charge in [-0.25, -0.2) is 9.97 Å². The van der Waals surface area contributed by atoms with E-state index in [1.807, 2.05) is 12.1 Å². The van der Waals surface area contributed by atoms with Gasteiger partial charge < -0.3 is 5.32 Å². The number of rotatable bonds is 5. The summed E-state index contributed by atoms with van der Waals surface area (Å²) in [5.41, 5.74) is 1.48. The first-order valence-electron chi connectivity index (χ1n) is 5.70. The molecule has 1 atom stereocenters. The fourth-order valence-corrected chi connectivity index (χ4v) is 1.80. The van der Waals surface area contributed by atoms with Gasteiger partial charge in [-0.1, -0.05) is 0 Å². The van der Waals surface area contributed by atoms with Gasteiger partial charge in [-0.2, -0.15) is 0 Å². The van der Waals surface area contributed by atoms with E-state index in [0.717, 1.165) is 24.2 Å². The number of nitrogens with one attached hydrogen (secondary N) is 1. The number of hydrogen-bond acceptors (Lipinski definition) is 4. The quantitative estimate of drug-likeness (QED) is 0.829. The molecule has 17 heavy (non-hydrogen) atoms. The number of anilines is 1. The maximum Gasteiger partial charge on any atom is 0.180 e. The minimum absolute atomic E-state index is 0.357. The summed E-state index contributed by atoms with van der Waals surface area (Å²) >= 11 is 5.67. The molecule has 0 fully saturated rings. The van der Waals surface area contributed by atoms with Crippen LogP contribution >= 0.6 is 11.6 Å². The van der Waals surface area contributed by atoms with E-state index in [9.17, 15) is 0 Å².